The predicted octanol–water partition coefficient (Wildman–Crippen LogP) is 2.51. The van der Waals surface area contributed by atoms with Crippen LogP contribution in [-0.2, 0) is 6.42 Å². The highest BCUT2D eigenvalue weighted by Gasteiger charge is 2.28. The number of aliphatic hydroxyl groups excluding tert-OH is 1. The Morgan fingerprint density at radius 2 is 2.00 bits per heavy atom. The van der Waals surface area contributed by atoms with Gasteiger partial charge >= 0.3 is 0 Å². The van der Waals surface area contributed by atoms with Crippen LogP contribution in [0.4, 0.5) is 0 Å². The van der Waals surface area contributed by atoms with E-state index in [1.807, 2.05) is 31.2 Å². The van der Waals surface area contributed by atoms with Gasteiger partial charge in [0.15, 0.2) is 0 Å². The zero-order valence-electron chi connectivity index (χ0n) is 9.07. The molecule has 2 nitrogen and oxygen atoms in total. The minimum Gasteiger partial charge on any atom is -0.390 e. The van der Waals surface area contributed by atoms with Crippen molar-refractivity contribution in [3.05, 3.63) is 34.3 Å². The smallest absolute Gasteiger partial charge is 0.0878 e. The third-order valence-electron chi connectivity index (χ3n) is 2.80. The third-order valence-corrected chi connectivity index (χ3v) is 3.58. The SMILES string of the molecule is CCC(C)(O)C(O)Cc1ccccc1Br. The first-order chi connectivity index (χ1) is 6.97. The van der Waals surface area contributed by atoms with Gasteiger partial charge in [-0.25, -0.2) is 0 Å². The van der Waals surface area contributed by atoms with Gasteiger partial charge in [-0.2, -0.15) is 0 Å². The van der Waals surface area contributed by atoms with E-state index in [1.54, 1.807) is 6.92 Å². The fourth-order valence-electron chi connectivity index (χ4n) is 1.33. The van der Waals surface area contributed by atoms with Crippen LogP contribution < -0.4 is 0 Å². The Balaban J connectivity index is 2.75. The summed E-state index contributed by atoms with van der Waals surface area (Å²) < 4.78 is 0.968. The van der Waals surface area contributed by atoms with Gasteiger partial charge < -0.3 is 10.2 Å². The predicted molar refractivity (Wildman–Crippen MR) is 64.8 cm³/mol. The molecular weight excluding hydrogens is 256 g/mol. The van der Waals surface area contributed by atoms with Gasteiger partial charge in [0.2, 0.25) is 0 Å². The second-order valence-electron chi connectivity index (χ2n) is 4.02. The minimum absolute atomic E-state index is 0.461. The van der Waals surface area contributed by atoms with Gasteiger partial charge in [-0.1, -0.05) is 41.1 Å². The summed E-state index contributed by atoms with van der Waals surface area (Å²) in [5, 5.41) is 19.8. The summed E-state index contributed by atoms with van der Waals surface area (Å²) in [6.45, 7) is 3.53. The quantitative estimate of drug-likeness (QED) is 0.885. The Morgan fingerprint density at radius 3 is 2.53 bits per heavy atom. The molecule has 0 aliphatic rings. The number of hydrogen-bond donors (Lipinski definition) is 2. The van der Waals surface area contributed by atoms with Crippen molar-refractivity contribution in [2.45, 2.75) is 38.4 Å². The summed E-state index contributed by atoms with van der Waals surface area (Å²) >= 11 is 3.42. The molecule has 0 aliphatic carbocycles. The first-order valence-corrected chi connectivity index (χ1v) is 5.90. The second-order valence-corrected chi connectivity index (χ2v) is 4.88. The van der Waals surface area contributed by atoms with E-state index in [0.717, 1.165) is 10.0 Å². The third kappa shape index (κ3) is 3.30. The van der Waals surface area contributed by atoms with Gasteiger partial charge in [0.25, 0.3) is 0 Å². The maximum Gasteiger partial charge on any atom is 0.0878 e. The Bertz CT molecular complexity index is 323. The van der Waals surface area contributed by atoms with E-state index in [2.05, 4.69) is 15.9 Å². The van der Waals surface area contributed by atoms with Crippen molar-refractivity contribution in [2.24, 2.45) is 0 Å². The molecule has 0 radical (unpaired) electrons. The molecule has 0 saturated carbocycles. The summed E-state index contributed by atoms with van der Waals surface area (Å²) in [6.07, 6.45) is 0.266. The fourth-order valence-corrected chi connectivity index (χ4v) is 1.77. The van der Waals surface area contributed by atoms with E-state index >= 15 is 0 Å². The molecule has 2 N–H and O–H groups in total. The first kappa shape index (κ1) is 12.7. The zero-order valence-corrected chi connectivity index (χ0v) is 10.7. The van der Waals surface area contributed by atoms with E-state index in [9.17, 15) is 10.2 Å². The molecule has 0 aromatic heterocycles. The highest BCUT2D eigenvalue weighted by atomic mass is 79.9. The summed E-state index contributed by atoms with van der Waals surface area (Å²) in [7, 11) is 0. The van der Waals surface area contributed by atoms with Crippen molar-refractivity contribution in [2.75, 3.05) is 0 Å². The Kier molecular flexibility index (Phi) is 4.32. The normalized spacial score (nSPS) is 17.1. The molecule has 0 aliphatic heterocycles. The van der Waals surface area contributed by atoms with Gasteiger partial charge in [-0.15, -0.1) is 0 Å². The van der Waals surface area contributed by atoms with E-state index in [0.29, 0.717) is 12.8 Å². The largest absolute Gasteiger partial charge is 0.390 e. The second kappa shape index (κ2) is 5.10. The van der Waals surface area contributed by atoms with Crippen LogP contribution in [-0.4, -0.2) is 21.9 Å². The van der Waals surface area contributed by atoms with Crippen LogP contribution in [0.5, 0.6) is 0 Å². The Labute approximate surface area is 99.1 Å². The molecule has 1 aromatic carbocycles. The zero-order chi connectivity index (χ0) is 11.5. The van der Waals surface area contributed by atoms with Crippen molar-refractivity contribution in [1.29, 1.82) is 0 Å². The molecule has 0 amide bonds. The molecular formula is C12H17BrO2. The van der Waals surface area contributed by atoms with Crippen molar-refractivity contribution >= 4 is 15.9 Å². The number of aliphatic hydroxyl groups is 2. The molecule has 2 atom stereocenters. The van der Waals surface area contributed by atoms with E-state index in [-0.39, 0.29) is 0 Å². The van der Waals surface area contributed by atoms with Crippen LogP contribution in [0.1, 0.15) is 25.8 Å². The molecule has 84 valence electrons. The van der Waals surface area contributed by atoms with Gasteiger partial charge in [-0.05, 0) is 25.0 Å². The Hall–Kier alpha value is -0.380. The summed E-state index contributed by atoms with van der Waals surface area (Å²) in [5.41, 5.74) is -0.00586. The lowest BCUT2D eigenvalue weighted by molar-refractivity contribution is -0.0630. The molecule has 1 aromatic rings. The van der Waals surface area contributed by atoms with Gasteiger partial charge in [0, 0.05) is 10.9 Å². The monoisotopic (exact) mass is 272 g/mol. The van der Waals surface area contributed by atoms with Crippen molar-refractivity contribution in [1.82, 2.24) is 0 Å². The topological polar surface area (TPSA) is 40.5 Å². The molecule has 2 unspecified atom stereocenters. The van der Waals surface area contributed by atoms with E-state index in [4.69, 9.17) is 0 Å². The van der Waals surface area contributed by atoms with Crippen LogP contribution in [0.3, 0.4) is 0 Å². The van der Waals surface area contributed by atoms with Crippen molar-refractivity contribution in [3.8, 4) is 0 Å². The molecule has 0 bridgehead atoms. The van der Waals surface area contributed by atoms with Crippen molar-refractivity contribution < 1.29 is 10.2 Å². The molecule has 0 saturated heterocycles. The van der Waals surface area contributed by atoms with Gasteiger partial charge in [0.05, 0.1) is 11.7 Å². The summed E-state index contributed by atoms with van der Waals surface area (Å²) in [5.74, 6) is 0. The summed E-state index contributed by atoms with van der Waals surface area (Å²) in [4.78, 5) is 0. The molecule has 15 heavy (non-hydrogen) atoms. The number of rotatable bonds is 4. The van der Waals surface area contributed by atoms with E-state index in [1.165, 1.54) is 0 Å². The molecule has 0 heterocycles. The van der Waals surface area contributed by atoms with Crippen LogP contribution >= 0.6 is 15.9 Å². The summed E-state index contributed by atoms with van der Waals surface area (Å²) in [6, 6.07) is 7.73. The van der Waals surface area contributed by atoms with Gasteiger partial charge in [-0.3, -0.25) is 0 Å². The molecule has 0 fully saturated rings. The maximum absolute atomic E-state index is 9.88. The molecule has 3 heteroatoms. The van der Waals surface area contributed by atoms with Crippen molar-refractivity contribution in [3.63, 3.8) is 0 Å². The highest BCUT2D eigenvalue weighted by molar-refractivity contribution is 9.10. The van der Waals surface area contributed by atoms with Crippen LogP contribution in [0.25, 0.3) is 0 Å². The minimum atomic E-state index is -1.02. The first-order valence-electron chi connectivity index (χ1n) is 5.11. The van der Waals surface area contributed by atoms with Gasteiger partial charge in [0.1, 0.15) is 0 Å². The average molecular weight is 273 g/mol. The lowest BCUT2D eigenvalue weighted by Gasteiger charge is -2.28. The average Bonchev–Trinajstić information content (AvgIpc) is 2.21. The van der Waals surface area contributed by atoms with Crippen LogP contribution in [0, 0.1) is 0 Å². The number of halogens is 1. The van der Waals surface area contributed by atoms with E-state index < -0.39 is 11.7 Å². The number of benzene rings is 1. The lowest BCUT2D eigenvalue weighted by Crippen LogP contribution is -2.40. The molecule has 1 rings (SSSR count). The molecule has 0 spiro atoms. The maximum atomic E-state index is 9.88. The highest BCUT2D eigenvalue weighted by Crippen LogP contribution is 2.22. The lowest BCUT2D eigenvalue weighted by atomic mass is 9.91. The fraction of sp³-hybridized carbons (Fsp3) is 0.500. The Morgan fingerprint density at radius 1 is 1.40 bits per heavy atom. The van der Waals surface area contributed by atoms with Crippen LogP contribution in [0.2, 0.25) is 0 Å². The number of hydrogen-bond acceptors (Lipinski definition) is 2. The van der Waals surface area contributed by atoms with Crippen LogP contribution in [0.15, 0.2) is 28.7 Å². The standard InChI is InChI=1S/C12H17BrO2/c1-3-12(2,15)11(14)8-9-6-4-5-7-10(9)13/h4-7,11,14-15H,3,8H2,1-2H3.